The molecule has 0 aliphatic carbocycles. The molecule has 8 heteroatoms. The molecule has 24 heavy (non-hydrogen) atoms. The molecule has 1 unspecified atom stereocenters. The van der Waals surface area contributed by atoms with Gasteiger partial charge >= 0.3 is 0 Å². The van der Waals surface area contributed by atoms with Crippen LogP contribution in [0.2, 0.25) is 0 Å². The number of carbonyl (C=O) groups excluding carboxylic acids is 1. The maximum Gasteiger partial charge on any atom is 0.247 e. The topological polar surface area (TPSA) is 62.7 Å². The van der Waals surface area contributed by atoms with Crippen molar-refractivity contribution in [1.29, 1.82) is 0 Å². The summed E-state index contributed by atoms with van der Waals surface area (Å²) in [6.45, 7) is 1.82. The zero-order valence-electron chi connectivity index (χ0n) is 13.1. The number of rotatable bonds is 5. The molecule has 3 rings (SSSR count). The van der Waals surface area contributed by atoms with E-state index in [9.17, 15) is 4.79 Å². The molecular formula is C16H16N4OS3. The van der Waals surface area contributed by atoms with Crippen LogP contribution in [0.25, 0.3) is 10.7 Å². The lowest BCUT2D eigenvalue weighted by atomic mass is 10.2. The number of nitrogens with one attached hydrogen (secondary N) is 2. The average molecular weight is 377 g/mol. The molecule has 0 radical (unpaired) electrons. The minimum Gasteiger partial charge on any atom is -0.324 e. The third kappa shape index (κ3) is 3.45. The number of carbonyl (C=O) groups is 1. The normalized spacial score (nSPS) is 12.1. The second kappa shape index (κ2) is 7.33. The fourth-order valence-electron chi connectivity index (χ4n) is 2.31. The van der Waals surface area contributed by atoms with Crippen LogP contribution in [0.4, 0.5) is 5.69 Å². The smallest absolute Gasteiger partial charge is 0.247 e. The molecule has 2 N–H and O–H groups in total. The van der Waals surface area contributed by atoms with Gasteiger partial charge in [0.05, 0.1) is 4.88 Å². The molecule has 3 aromatic rings. The molecule has 1 amide bonds. The number of hydrogen-bond acceptors (Lipinski definition) is 5. The highest BCUT2D eigenvalue weighted by atomic mass is 32.2. The number of amides is 1. The SMILES string of the molecule is CSc1cccc(NC(=O)C(C)n2c(-c3cccs3)n[nH]c2=S)c1. The number of thioether (sulfide) groups is 1. The van der Waals surface area contributed by atoms with E-state index in [1.54, 1.807) is 27.7 Å². The van der Waals surface area contributed by atoms with Gasteiger partial charge in [0, 0.05) is 10.6 Å². The molecule has 0 aliphatic rings. The average Bonchev–Trinajstić information content (AvgIpc) is 3.23. The van der Waals surface area contributed by atoms with Crippen LogP contribution >= 0.6 is 35.3 Å². The number of H-pyrrole nitrogens is 1. The van der Waals surface area contributed by atoms with E-state index in [1.165, 1.54) is 0 Å². The Morgan fingerprint density at radius 3 is 2.96 bits per heavy atom. The summed E-state index contributed by atoms with van der Waals surface area (Å²) in [6.07, 6.45) is 2.00. The Balaban J connectivity index is 1.86. The predicted octanol–water partition coefficient (Wildman–Crippen LogP) is 4.59. The number of thiophene rings is 1. The Morgan fingerprint density at radius 2 is 2.25 bits per heavy atom. The second-order valence-corrected chi connectivity index (χ2v) is 7.31. The molecule has 5 nitrogen and oxygen atoms in total. The fourth-order valence-corrected chi connectivity index (χ4v) is 3.77. The molecule has 2 heterocycles. The maximum atomic E-state index is 12.7. The monoisotopic (exact) mass is 376 g/mol. The van der Waals surface area contributed by atoms with Crippen molar-refractivity contribution >= 4 is 46.9 Å². The van der Waals surface area contributed by atoms with E-state index < -0.39 is 6.04 Å². The first-order valence-corrected chi connectivity index (χ1v) is 9.77. The van der Waals surface area contributed by atoms with E-state index >= 15 is 0 Å². The van der Waals surface area contributed by atoms with Crippen LogP contribution in [0.5, 0.6) is 0 Å². The number of aromatic amines is 1. The first-order chi connectivity index (χ1) is 11.6. The molecule has 0 fully saturated rings. The van der Waals surface area contributed by atoms with E-state index in [-0.39, 0.29) is 5.91 Å². The molecule has 2 aromatic heterocycles. The predicted molar refractivity (Wildman–Crippen MR) is 102 cm³/mol. The van der Waals surface area contributed by atoms with E-state index in [4.69, 9.17) is 12.2 Å². The summed E-state index contributed by atoms with van der Waals surface area (Å²) >= 11 is 8.50. The Labute approximate surface area is 153 Å². The number of benzene rings is 1. The minimum absolute atomic E-state index is 0.136. The van der Waals surface area contributed by atoms with Crippen LogP contribution in [-0.2, 0) is 4.79 Å². The molecule has 0 spiro atoms. The summed E-state index contributed by atoms with van der Waals surface area (Å²) in [6, 6.07) is 11.2. The van der Waals surface area contributed by atoms with Crippen LogP contribution in [0, 0.1) is 4.77 Å². The van der Waals surface area contributed by atoms with Crippen molar-refractivity contribution < 1.29 is 4.79 Å². The molecule has 0 saturated carbocycles. The van der Waals surface area contributed by atoms with Crippen molar-refractivity contribution in [1.82, 2.24) is 14.8 Å². The molecule has 0 bridgehead atoms. The minimum atomic E-state index is -0.480. The summed E-state index contributed by atoms with van der Waals surface area (Å²) in [7, 11) is 0. The Hall–Kier alpha value is -1.90. The number of aromatic nitrogens is 3. The molecule has 1 atom stereocenters. The summed E-state index contributed by atoms with van der Waals surface area (Å²) in [5.74, 6) is 0.541. The van der Waals surface area contributed by atoms with Gasteiger partial charge in [0.1, 0.15) is 6.04 Å². The molecule has 0 saturated heterocycles. The van der Waals surface area contributed by atoms with Crippen molar-refractivity contribution in [2.24, 2.45) is 0 Å². The Bertz CT molecular complexity index is 898. The molecule has 124 valence electrons. The highest BCUT2D eigenvalue weighted by Crippen LogP contribution is 2.26. The lowest BCUT2D eigenvalue weighted by molar-refractivity contribution is -0.118. The van der Waals surface area contributed by atoms with Gasteiger partial charge in [0.15, 0.2) is 10.6 Å². The number of nitrogens with zero attached hydrogens (tertiary/aromatic N) is 2. The van der Waals surface area contributed by atoms with Gasteiger partial charge in [-0.3, -0.25) is 14.5 Å². The van der Waals surface area contributed by atoms with Crippen LogP contribution in [0.15, 0.2) is 46.7 Å². The summed E-state index contributed by atoms with van der Waals surface area (Å²) < 4.78 is 2.17. The van der Waals surface area contributed by atoms with Gasteiger partial charge in [-0.2, -0.15) is 5.10 Å². The lowest BCUT2D eigenvalue weighted by Crippen LogP contribution is -2.24. The van der Waals surface area contributed by atoms with Crippen molar-refractivity contribution in [3.05, 3.63) is 46.5 Å². The first-order valence-electron chi connectivity index (χ1n) is 7.26. The van der Waals surface area contributed by atoms with Crippen molar-refractivity contribution in [2.75, 3.05) is 11.6 Å². The Kier molecular flexibility index (Phi) is 5.17. The van der Waals surface area contributed by atoms with Crippen LogP contribution in [0.3, 0.4) is 0 Å². The van der Waals surface area contributed by atoms with Gasteiger partial charge in [-0.15, -0.1) is 23.1 Å². The van der Waals surface area contributed by atoms with Gasteiger partial charge in [-0.1, -0.05) is 12.1 Å². The van der Waals surface area contributed by atoms with Gasteiger partial charge in [-0.25, -0.2) is 0 Å². The van der Waals surface area contributed by atoms with Crippen LogP contribution in [-0.4, -0.2) is 26.9 Å². The van der Waals surface area contributed by atoms with Gasteiger partial charge in [-0.05, 0) is 55.0 Å². The molecular weight excluding hydrogens is 360 g/mol. The highest BCUT2D eigenvalue weighted by Gasteiger charge is 2.21. The third-order valence-corrected chi connectivity index (χ3v) is 5.43. The van der Waals surface area contributed by atoms with Gasteiger partial charge in [0.2, 0.25) is 5.91 Å². The summed E-state index contributed by atoms with van der Waals surface area (Å²) in [5, 5.41) is 12.0. The Morgan fingerprint density at radius 1 is 1.42 bits per heavy atom. The van der Waals surface area contributed by atoms with E-state index in [0.717, 1.165) is 15.5 Å². The number of hydrogen-bond donors (Lipinski definition) is 2. The fraction of sp³-hybridized carbons (Fsp3) is 0.188. The standard InChI is InChI=1S/C16H16N4OS3/c1-10(15(21)17-11-5-3-6-12(9-11)23-2)20-14(18-19-16(20)22)13-7-4-8-24-13/h3-10H,1-2H3,(H,17,21)(H,19,22). The summed E-state index contributed by atoms with van der Waals surface area (Å²) in [5.41, 5.74) is 0.770. The zero-order chi connectivity index (χ0) is 17.1. The highest BCUT2D eigenvalue weighted by molar-refractivity contribution is 7.98. The van der Waals surface area contributed by atoms with Crippen molar-refractivity contribution in [3.8, 4) is 10.7 Å². The summed E-state index contributed by atoms with van der Waals surface area (Å²) in [4.78, 5) is 14.7. The largest absolute Gasteiger partial charge is 0.324 e. The van der Waals surface area contributed by atoms with Crippen LogP contribution in [0.1, 0.15) is 13.0 Å². The van der Waals surface area contributed by atoms with Gasteiger partial charge < -0.3 is 5.32 Å². The third-order valence-electron chi connectivity index (χ3n) is 3.55. The second-order valence-electron chi connectivity index (χ2n) is 5.10. The quantitative estimate of drug-likeness (QED) is 0.505. The van der Waals surface area contributed by atoms with Crippen LogP contribution < -0.4 is 5.32 Å². The van der Waals surface area contributed by atoms with E-state index in [0.29, 0.717) is 10.6 Å². The molecule has 0 aliphatic heterocycles. The van der Waals surface area contributed by atoms with Crippen molar-refractivity contribution in [2.45, 2.75) is 17.9 Å². The zero-order valence-corrected chi connectivity index (χ0v) is 15.6. The van der Waals surface area contributed by atoms with E-state index in [1.807, 2.05) is 55.0 Å². The first kappa shape index (κ1) is 16.9. The maximum absolute atomic E-state index is 12.7. The lowest BCUT2D eigenvalue weighted by Gasteiger charge is -2.15. The molecule has 1 aromatic carbocycles. The van der Waals surface area contributed by atoms with Gasteiger partial charge in [0.25, 0.3) is 0 Å². The number of anilines is 1. The van der Waals surface area contributed by atoms with E-state index in [2.05, 4.69) is 15.5 Å². The van der Waals surface area contributed by atoms with Crippen molar-refractivity contribution in [3.63, 3.8) is 0 Å².